The highest BCUT2D eigenvalue weighted by atomic mass is 16.5. The van der Waals surface area contributed by atoms with Gasteiger partial charge in [0.25, 0.3) is 0 Å². The van der Waals surface area contributed by atoms with Crippen LogP contribution in [0.15, 0.2) is 42.7 Å². The number of benzene rings is 1. The highest BCUT2D eigenvalue weighted by Gasteiger charge is 2.32. The lowest BCUT2D eigenvalue weighted by Gasteiger charge is -2.24. The molecule has 1 aromatic heterocycles. The summed E-state index contributed by atoms with van der Waals surface area (Å²) in [6.07, 6.45) is 3.79. The second-order valence-corrected chi connectivity index (χ2v) is 4.95. The highest BCUT2D eigenvalue weighted by Crippen LogP contribution is 2.41. The van der Waals surface area contributed by atoms with Gasteiger partial charge in [-0.3, -0.25) is 4.98 Å². The smallest absolute Gasteiger partial charge is 0.122 e. The molecule has 1 N–H and O–H groups in total. The first-order valence-electron chi connectivity index (χ1n) is 6.60. The average Bonchev–Trinajstić information content (AvgIpc) is 2.86. The Bertz CT molecular complexity index is 582. The van der Waals surface area contributed by atoms with Gasteiger partial charge in [0.15, 0.2) is 0 Å². The molecule has 0 fully saturated rings. The van der Waals surface area contributed by atoms with Crippen LogP contribution in [0.25, 0.3) is 0 Å². The van der Waals surface area contributed by atoms with Gasteiger partial charge < -0.3 is 10.1 Å². The lowest BCUT2D eigenvalue weighted by molar-refractivity contribution is 0.304. The number of rotatable bonds is 3. The molecule has 3 heteroatoms. The second-order valence-electron chi connectivity index (χ2n) is 4.95. The fraction of sp³-hybridized carbons (Fsp3) is 0.312. The summed E-state index contributed by atoms with van der Waals surface area (Å²) in [7, 11) is 2.00. The van der Waals surface area contributed by atoms with E-state index in [9.17, 15) is 0 Å². The summed E-state index contributed by atoms with van der Waals surface area (Å²) < 4.78 is 5.79. The Hall–Kier alpha value is -1.87. The zero-order valence-electron chi connectivity index (χ0n) is 11.3. The minimum absolute atomic E-state index is 0.234. The molecule has 3 rings (SSSR count). The Morgan fingerprint density at radius 3 is 2.95 bits per heavy atom. The third-order valence-electron chi connectivity index (χ3n) is 3.86. The first kappa shape index (κ1) is 12.2. The zero-order chi connectivity index (χ0) is 13.2. The first-order valence-corrected chi connectivity index (χ1v) is 6.60. The summed E-state index contributed by atoms with van der Waals surface area (Å²) in [6, 6.07) is 10.6. The Morgan fingerprint density at radius 1 is 1.32 bits per heavy atom. The Morgan fingerprint density at radius 2 is 2.16 bits per heavy atom. The Kier molecular flexibility index (Phi) is 3.22. The van der Waals surface area contributed by atoms with E-state index in [0.29, 0.717) is 5.92 Å². The Labute approximate surface area is 113 Å². The largest absolute Gasteiger partial charge is 0.493 e. The van der Waals surface area contributed by atoms with E-state index in [4.69, 9.17) is 4.74 Å². The topological polar surface area (TPSA) is 34.2 Å². The van der Waals surface area contributed by atoms with E-state index in [1.54, 1.807) is 0 Å². The molecule has 0 aliphatic carbocycles. The maximum Gasteiger partial charge on any atom is 0.122 e. The van der Waals surface area contributed by atoms with Crippen molar-refractivity contribution in [3.05, 3.63) is 59.4 Å². The normalized spacial score (nSPS) is 18.7. The third kappa shape index (κ3) is 2.10. The number of likely N-dealkylation sites (N-methyl/N-ethyl adjacent to an activating group) is 1. The molecule has 1 aliphatic rings. The maximum absolute atomic E-state index is 5.79. The van der Waals surface area contributed by atoms with Crippen molar-refractivity contribution in [1.82, 2.24) is 10.3 Å². The van der Waals surface area contributed by atoms with E-state index in [2.05, 4.69) is 35.4 Å². The summed E-state index contributed by atoms with van der Waals surface area (Å²) in [5.74, 6) is 1.35. The van der Waals surface area contributed by atoms with Crippen molar-refractivity contribution in [3.8, 4) is 5.75 Å². The van der Waals surface area contributed by atoms with Crippen molar-refractivity contribution in [2.45, 2.75) is 18.9 Å². The van der Waals surface area contributed by atoms with Crippen LogP contribution in [0.1, 0.15) is 28.7 Å². The van der Waals surface area contributed by atoms with Gasteiger partial charge in [-0.05, 0) is 37.2 Å². The van der Waals surface area contributed by atoms with Crippen LogP contribution < -0.4 is 10.1 Å². The molecule has 2 heterocycles. The Balaban J connectivity index is 1.99. The molecule has 1 aliphatic heterocycles. The fourth-order valence-electron chi connectivity index (χ4n) is 2.84. The van der Waals surface area contributed by atoms with Crippen molar-refractivity contribution in [2.24, 2.45) is 0 Å². The lowest BCUT2D eigenvalue weighted by atomic mass is 9.87. The molecule has 0 amide bonds. The second kappa shape index (κ2) is 5.02. The predicted octanol–water partition coefficient (Wildman–Crippen LogP) is 2.83. The molecular weight excluding hydrogens is 236 g/mol. The molecule has 0 saturated carbocycles. The summed E-state index contributed by atoms with van der Waals surface area (Å²) >= 11 is 0. The first-order chi connectivity index (χ1) is 9.31. The van der Waals surface area contributed by atoms with Gasteiger partial charge in [0, 0.05) is 29.9 Å². The van der Waals surface area contributed by atoms with Crippen molar-refractivity contribution in [1.29, 1.82) is 0 Å². The number of nitrogens with zero attached hydrogens (tertiary/aromatic N) is 1. The van der Waals surface area contributed by atoms with Crippen LogP contribution in [0.3, 0.4) is 0 Å². The number of nitrogens with one attached hydrogen (secondary N) is 1. The van der Waals surface area contributed by atoms with E-state index in [0.717, 1.165) is 12.4 Å². The molecule has 0 bridgehead atoms. The quantitative estimate of drug-likeness (QED) is 0.914. The van der Waals surface area contributed by atoms with Gasteiger partial charge >= 0.3 is 0 Å². The third-order valence-corrected chi connectivity index (χ3v) is 3.86. The summed E-state index contributed by atoms with van der Waals surface area (Å²) in [5.41, 5.74) is 3.79. The van der Waals surface area contributed by atoms with Crippen LogP contribution in [-0.2, 0) is 0 Å². The van der Waals surface area contributed by atoms with Crippen LogP contribution in [0.2, 0.25) is 0 Å². The van der Waals surface area contributed by atoms with Gasteiger partial charge in [0.05, 0.1) is 6.61 Å². The number of hydrogen-bond acceptors (Lipinski definition) is 3. The van der Waals surface area contributed by atoms with Crippen LogP contribution in [-0.4, -0.2) is 18.6 Å². The molecule has 0 radical (unpaired) electrons. The zero-order valence-corrected chi connectivity index (χ0v) is 11.3. The van der Waals surface area contributed by atoms with E-state index in [-0.39, 0.29) is 6.04 Å². The van der Waals surface area contributed by atoms with E-state index < -0.39 is 0 Å². The summed E-state index contributed by atoms with van der Waals surface area (Å²) in [5, 5.41) is 3.42. The average molecular weight is 254 g/mol. The summed E-state index contributed by atoms with van der Waals surface area (Å²) in [4.78, 5) is 4.26. The molecule has 2 aromatic rings. The minimum atomic E-state index is 0.234. The number of hydrogen-bond donors (Lipinski definition) is 1. The van der Waals surface area contributed by atoms with Gasteiger partial charge in [-0.15, -0.1) is 0 Å². The van der Waals surface area contributed by atoms with Crippen LogP contribution >= 0.6 is 0 Å². The van der Waals surface area contributed by atoms with Gasteiger partial charge in [0.2, 0.25) is 0 Å². The summed E-state index contributed by atoms with van der Waals surface area (Å²) in [6.45, 7) is 2.85. The fourth-order valence-corrected chi connectivity index (χ4v) is 2.84. The lowest BCUT2D eigenvalue weighted by Crippen LogP contribution is -2.25. The molecule has 2 atom stereocenters. The van der Waals surface area contributed by atoms with Crippen LogP contribution in [0, 0.1) is 6.92 Å². The van der Waals surface area contributed by atoms with Crippen molar-refractivity contribution >= 4 is 0 Å². The molecule has 1 aromatic carbocycles. The van der Waals surface area contributed by atoms with E-state index in [1.165, 1.54) is 16.7 Å². The molecule has 19 heavy (non-hydrogen) atoms. The molecule has 2 unspecified atom stereocenters. The number of fused-ring (bicyclic) bond motifs is 1. The SMILES string of the molecule is CNC(c1cnccc1C)C1COc2ccccc21. The van der Waals surface area contributed by atoms with Gasteiger partial charge in [-0.2, -0.15) is 0 Å². The number of pyridine rings is 1. The molecule has 0 saturated heterocycles. The predicted molar refractivity (Wildman–Crippen MR) is 75.5 cm³/mol. The highest BCUT2D eigenvalue weighted by molar-refractivity contribution is 5.42. The van der Waals surface area contributed by atoms with Crippen molar-refractivity contribution in [3.63, 3.8) is 0 Å². The monoisotopic (exact) mass is 254 g/mol. The number of aryl methyl sites for hydroxylation is 1. The molecule has 0 spiro atoms. The van der Waals surface area contributed by atoms with Gasteiger partial charge in [0.1, 0.15) is 5.75 Å². The molecular formula is C16H18N2O. The molecule has 98 valence electrons. The van der Waals surface area contributed by atoms with E-state index >= 15 is 0 Å². The number of para-hydroxylation sites is 1. The molecule has 3 nitrogen and oxygen atoms in total. The van der Waals surface area contributed by atoms with Gasteiger partial charge in [-0.1, -0.05) is 18.2 Å². The van der Waals surface area contributed by atoms with Crippen LogP contribution in [0.4, 0.5) is 0 Å². The van der Waals surface area contributed by atoms with Gasteiger partial charge in [-0.25, -0.2) is 0 Å². The standard InChI is InChI=1S/C16H18N2O/c1-11-7-8-18-9-13(11)16(17-2)14-10-19-15-6-4-3-5-12(14)15/h3-9,14,16-17H,10H2,1-2H3. The van der Waals surface area contributed by atoms with Crippen molar-refractivity contribution in [2.75, 3.05) is 13.7 Å². The number of aromatic nitrogens is 1. The van der Waals surface area contributed by atoms with Crippen LogP contribution in [0.5, 0.6) is 5.75 Å². The maximum atomic E-state index is 5.79. The number of ether oxygens (including phenoxy) is 1. The van der Waals surface area contributed by atoms with E-state index in [1.807, 2.05) is 31.6 Å². The van der Waals surface area contributed by atoms with Crippen molar-refractivity contribution < 1.29 is 4.74 Å². The minimum Gasteiger partial charge on any atom is -0.493 e.